The third-order valence-corrected chi connectivity index (χ3v) is 6.68. The molecule has 0 atom stereocenters. The number of nitrogens with zero attached hydrogens (tertiary/aromatic N) is 1. The molecule has 200 valence electrons. The van der Waals surface area contributed by atoms with E-state index in [1.165, 1.54) is 17.7 Å². The summed E-state index contributed by atoms with van der Waals surface area (Å²) in [6, 6.07) is 14.6. The van der Waals surface area contributed by atoms with Gasteiger partial charge in [-0.2, -0.15) is 0 Å². The van der Waals surface area contributed by atoms with Gasteiger partial charge in [-0.25, -0.2) is 4.79 Å². The summed E-state index contributed by atoms with van der Waals surface area (Å²) in [5, 5.41) is 22.0. The predicted octanol–water partition coefficient (Wildman–Crippen LogP) is -0.138. The number of hydrogen-bond acceptors (Lipinski definition) is 8. The molecule has 0 unspecified atom stereocenters. The number of halogens is 1. The number of aliphatic carboxylic acids is 1. The van der Waals surface area contributed by atoms with Gasteiger partial charge in [0.25, 0.3) is 0 Å². The second-order valence-electron chi connectivity index (χ2n) is 8.67. The molecule has 2 heterocycles. The Bertz CT molecular complexity index is 1690. The largest absolute Gasteiger partial charge is 1.00 e. The molecule has 40 heavy (non-hydrogen) atoms. The molecule has 1 aromatic heterocycles. The zero-order chi connectivity index (χ0) is 27.7. The van der Waals surface area contributed by atoms with Crippen molar-refractivity contribution in [1.82, 2.24) is 4.57 Å². The van der Waals surface area contributed by atoms with Gasteiger partial charge in [-0.3, -0.25) is 4.79 Å². The molecule has 0 amide bonds. The van der Waals surface area contributed by atoms with Crippen molar-refractivity contribution in [2.24, 2.45) is 0 Å². The van der Waals surface area contributed by atoms with Crippen LogP contribution in [-0.2, 0) is 17.8 Å². The van der Waals surface area contributed by atoms with E-state index in [1.54, 1.807) is 48.5 Å². The first kappa shape index (κ1) is 29.9. The van der Waals surface area contributed by atoms with E-state index in [1.807, 2.05) is 0 Å². The minimum Gasteiger partial charge on any atom is -0.546 e. The number of carboxylic acids is 2. The number of aromatic nitrogens is 1. The Hall–Kier alpha value is -3.06. The fourth-order valence-electron chi connectivity index (χ4n) is 4.55. The summed E-state index contributed by atoms with van der Waals surface area (Å²) in [7, 11) is 1.43. The maximum Gasteiger partial charge on any atom is 1.00 e. The molecule has 0 spiro atoms. The van der Waals surface area contributed by atoms with E-state index in [-0.39, 0.29) is 88.1 Å². The summed E-state index contributed by atoms with van der Waals surface area (Å²) >= 11 is 6.51. The smallest absolute Gasteiger partial charge is 0.546 e. The van der Waals surface area contributed by atoms with Gasteiger partial charge in [-0.1, -0.05) is 29.8 Å². The van der Waals surface area contributed by atoms with Crippen LogP contribution in [-0.4, -0.2) is 42.1 Å². The minimum atomic E-state index is -1.44. The maximum absolute atomic E-state index is 13.7. The van der Waals surface area contributed by atoms with E-state index < -0.39 is 24.0 Å². The normalized spacial score (nSPS) is 11.7. The van der Waals surface area contributed by atoms with E-state index >= 15 is 0 Å². The topological polar surface area (TPSA) is 136 Å². The van der Waals surface area contributed by atoms with E-state index in [0.29, 0.717) is 44.3 Å². The van der Waals surface area contributed by atoms with E-state index in [0.717, 1.165) is 0 Å². The summed E-state index contributed by atoms with van der Waals surface area (Å²) in [5.41, 5.74) is 0.624. The first-order valence-electron chi connectivity index (χ1n) is 11.7. The van der Waals surface area contributed by atoms with E-state index in [4.69, 9.17) is 30.5 Å². The molecule has 0 radical (unpaired) electrons. The Labute approximate surface area is 275 Å². The quantitative estimate of drug-likeness (QED) is 0.265. The summed E-state index contributed by atoms with van der Waals surface area (Å²) in [6.07, 6.45) is -0.160. The van der Waals surface area contributed by atoms with Crippen molar-refractivity contribution in [1.29, 1.82) is 0 Å². The van der Waals surface area contributed by atoms with E-state index in [9.17, 15) is 24.6 Å². The van der Waals surface area contributed by atoms with Gasteiger partial charge in [-0.05, 0) is 35.4 Å². The van der Waals surface area contributed by atoms with Gasteiger partial charge in [0.2, 0.25) is 6.79 Å². The number of benzene rings is 3. The van der Waals surface area contributed by atoms with Crippen LogP contribution in [0.25, 0.3) is 10.9 Å². The number of aromatic carboxylic acids is 1. The monoisotopic (exact) mass is 589 g/mol. The van der Waals surface area contributed by atoms with Gasteiger partial charge in [0.05, 0.1) is 25.1 Å². The van der Waals surface area contributed by atoms with Crippen LogP contribution in [0.1, 0.15) is 27.2 Å². The number of carbonyl (C=O) groups is 2. The number of ether oxygens (including phenoxy) is 4. The molecular formula is C28H21ClKNO9. The van der Waals surface area contributed by atoms with Crippen LogP contribution in [0.3, 0.4) is 0 Å². The van der Waals surface area contributed by atoms with Crippen molar-refractivity contribution >= 4 is 34.4 Å². The number of methoxy groups -OCH3 is 1. The van der Waals surface area contributed by atoms with Gasteiger partial charge >= 0.3 is 57.4 Å². The Balaban J connectivity index is 0.00000370. The molecule has 1 aliphatic rings. The molecule has 12 heteroatoms. The Kier molecular flexibility index (Phi) is 9.44. The van der Waals surface area contributed by atoms with Crippen molar-refractivity contribution in [2.75, 3.05) is 20.5 Å². The number of para-hydroxylation sites is 1. The standard InChI is InChI=1S/C28H22ClNO9.K/c1-36-17-7-6-15(22(10-17)37-13-25(31)32)8-19-26(28(34)35)30(21-5-3-2-4-18(21)27(19)33)12-16-9-23-24(11-20(16)29)39-14-38-23;/h2-7,9-11H,8,12-14H2,1H3,(H,31,32)(H,34,35);/q;+1/p-1. The molecule has 10 nitrogen and oxygen atoms in total. The molecule has 0 fully saturated rings. The molecular weight excluding hydrogens is 569 g/mol. The first-order chi connectivity index (χ1) is 18.8. The third-order valence-electron chi connectivity index (χ3n) is 6.33. The molecule has 1 N–H and O–H groups in total. The second-order valence-corrected chi connectivity index (χ2v) is 9.08. The third kappa shape index (κ3) is 5.99. The van der Waals surface area contributed by atoms with Crippen molar-refractivity contribution in [3.8, 4) is 23.0 Å². The minimum absolute atomic E-state index is 0. The summed E-state index contributed by atoms with van der Waals surface area (Å²) in [5.74, 6) is -1.30. The molecule has 4 aromatic rings. The predicted molar refractivity (Wildman–Crippen MR) is 138 cm³/mol. The average molecular weight is 590 g/mol. The SMILES string of the molecule is COc1ccc(Cc2c(C(=O)O)n(Cc3cc4c(cc3Cl)OCO4)c3ccccc3c2=O)c(OCC(=O)[O-])c1.[K+]. The van der Waals surface area contributed by atoms with Crippen molar-refractivity contribution < 1.29 is 90.1 Å². The van der Waals surface area contributed by atoms with Gasteiger partial charge in [0.15, 0.2) is 16.9 Å². The fourth-order valence-corrected chi connectivity index (χ4v) is 4.76. The van der Waals surface area contributed by atoms with Crippen LogP contribution >= 0.6 is 11.6 Å². The number of pyridine rings is 1. The Morgan fingerprint density at radius 3 is 2.50 bits per heavy atom. The van der Waals surface area contributed by atoms with Crippen LogP contribution < -0.4 is 80.9 Å². The van der Waals surface area contributed by atoms with Gasteiger partial charge in [0, 0.05) is 34.5 Å². The van der Waals surface area contributed by atoms with Crippen LogP contribution in [0.4, 0.5) is 0 Å². The first-order valence-corrected chi connectivity index (χ1v) is 12.1. The van der Waals surface area contributed by atoms with Crippen LogP contribution in [0.15, 0.2) is 59.4 Å². The molecule has 0 saturated heterocycles. The number of rotatable bonds is 9. The fraction of sp³-hybridized carbons (Fsp3) is 0.179. The van der Waals surface area contributed by atoms with Crippen LogP contribution in [0, 0.1) is 0 Å². The maximum atomic E-state index is 13.7. The van der Waals surface area contributed by atoms with Gasteiger partial charge < -0.3 is 38.5 Å². The Morgan fingerprint density at radius 1 is 1.07 bits per heavy atom. The van der Waals surface area contributed by atoms with Crippen molar-refractivity contribution in [3.63, 3.8) is 0 Å². The molecule has 0 saturated carbocycles. The van der Waals surface area contributed by atoms with E-state index in [2.05, 4.69) is 0 Å². The molecule has 3 aromatic carbocycles. The summed E-state index contributed by atoms with van der Waals surface area (Å²) < 4.78 is 22.9. The zero-order valence-electron chi connectivity index (χ0n) is 21.6. The Morgan fingerprint density at radius 2 is 1.80 bits per heavy atom. The second kappa shape index (κ2) is 12.6. The van der Waals surface area contributed by atoms with Crippen molar-refractivity contribution in [2.45, 2.75) is 13.0 Å². The molecule has 0 bridgehead atoms. The molecule has 5 rings (SSSR count). The number of fused-ring (bicyclic) bond motifs is 2. The summed E-state index contributed by atoms with van der Waals surface area (Å²) in [6.45, 7) is -0.678. The summed E-state index contributed by atoms with van der Waals surface area (Å²) in [4.78, 5) is 37.4. The van der Waals surface area contributed by atoms with Crippen LogP contribution in [0.2, 0.25) is 5.02 Å². The number of carboxylic acid groups (broad SMARTS) is 2. The number of hydrogen-bond donors (Lipinski definition) is 1. The van der Waals surface area contributed by atoms with Crippen LogP contribution in [0.5, 0.6) is 23.0 Å². The average Bonchev–Trinajstić information content (AvgIpc) is 3.37. The van der Waals surface area contributed by atoms with Gasteiger partial charge in [0.1, 0.15) is 23.8 Å². The molecule has 1 aliphatic heterocycles. The number of carbonyl (C=O) groups excluding carboxylic acids is 1. The molecule has 0 aliphatic carbocycles. The van der Waals surface area contributed by atoms with Crippen molar-refractivity contribution in [3.05, 3.63) is 92.2 Å². The van der Waals surface area contributed by atoms with Gasteiger partial charge in [-0.15, -0.1) is 0 Å². The zero-order valence-corrected chi connectivity index (χ0v) is 25.4.